The molecule has 0 aromatic heterocycles. The lowest BCUT2D eigenvalue weighted by Gasteiger charge is -2.46. The van der Waals surface area contributed by atoms with Crippen molar-refractivity contribution in [1.29, 1.82) is 0 Å². The Morgan fingerprint density at radius 1 is 0.429 bits per heavy atom. The summed E-state index contributed by atoms with van der Waals surface area (Å²) in [6.07, 6.45) is 5.17. The molecule has 4 bridgehead atoms. The van der Waals surface area contributed by atoms with Crippen LogP contribution in [0.3, 0.4) is 0 Å². The predicted octanol–water partition coefficient (Wildman–Crippen LogP) is 9.99. The van der Waals surface area contributed by atoms with Gasteiger partial charge >= 0.3 is 36.1 Å². The highest BCUT2D eigenvalue weighted by atomic mass is 19.1. The Bertz CT molecular complexity index is 3090. The molecule has 0 aliphatic carbocycles. The Kier molecular flexibility index (Phi) is 23.6. The lowest BCUT2D eigenvalue weighted by atomic mass is 9.83. The highest BCUT2D eigenvalue weighted by Gasteiger charge is 2.41. The molecular formula is C65H82F4N4O18. The van der Waals surface area contributed by atoms with E-state index in [1.807, 2.05) is 0 Å². The number of amides is 2. The number of nitrogens with zero attached hydrogens (tertiary/aromatic N) is 4. The molecule has 6 N–H and O–H groups in total. The largest absolute Gasteiger partial charge is 0.489 e. The number of hydrogen-bond acceptors (Lipinski definition) is 16. The number of rotatable bonds is 12. The van der Waals surface area contributed by atoms with E-state index in [2.05, 4.69) is 23.9 Å². The SMILES string of the molecule is CC(C)(C)OC(=O)N1CC[C@@H](Oc2cc(F)ccc2C(=O)O)[C@H](O)C1.CC(C)(C)OC(=O)N1CC[C@H](Oc2cc(F)ccc2C(=O)O)[C@@H](O)C1.CN1[C@@H]2CCC[C@H]1CC(Oc1cc(F)ccc1C(=O)O)C2.CN1[C@@H]2CC[C@H]1CC(Oc1cc(F)ccc1C(=O)O)C2. The zero-order valence-corrected chi connectivity index (χ0v) is 52.2. The smallest absolute Gasteiger partial charge is 0.410 e. The Balaban J connectivity index is 0.000000173. The van der Waals surface area contributed by atoms with Gasteiger partial charge in [0.05, 0.1) is 13.1 Å². The quantitative estimate of drug-likeness (QED) is 0.0719. The molecular weight excluding hydrogens is 1200 g/mol. The maximum atomic E-state index is 13.4. The average Bonchev–Trinajstić information content (AvgIpc) is 2.21. The monoisotopic (exact) mass is 1280 g/mol. The van der Waals surface area contributed by atoms with E-state index in [0.29, 0.717) is 24.2 Å². The summed E-state index contributed by atoms with van der Waals surface area (Å²) in [6, 6.07) is 15.4. The van der Waals surface area contributed by atoms with Gasteiger partial charge < -0.3 is 78.7 Å². The van der Waals surface area contributed by atoms with Crippen LogP contribution in [0.15, 0.2) is 72.8 Å². The van der Waals surface area contributed by atoms with E-state index in [9.17, 15) is 61.6 Å². The van der Waals surface area contributed by atoms with Crippen molar-refractivity contribution in [1.82, 2.24) is 19.6 Å². The number of carboxylic acids is 4. The molecule has 91 heavy (non-hydrogen) atoms. The molecule has 2 amide bonds. The Hall–Kier alpha value is -7.94. The van der Waals surface area contributed by atoms with Crippen molar-refractivity contribution < 1.29 is 105 Å². The summed E-state index contributed by atoms with van der Waals surface area (Å²) < 4.78 is 86.7. The number of likely N-dealkylation sites (tertiary alicyclic amines) is 2. The van der Waals surface area contributed by atoms with E-state index < -0.39 is 95.0 Å². The second kappa shape index (κ2) is 30.5. The van der Waals surface area contributed by atoms with Crippen molar-refractivity contribution in [3.63, 3.8) is 0 Å². The highest BCUT2D eigenvalue weighted by molar-refractivity contribution is 5.92. The van der Waals surface area contributed by atoms with Gasteiger partial charge in [-0.1, -0.05) is 6.42 Å². The van der Waals surface area contributed by atoms with E-state index in [0.717, 1.165) is 99.9 Å². The Labute approximate surface area is 525 Å². The number of halogens is 4. The van der Waals surface area contributed by atoms with Crippen molar-refractivity contribution in [2.45, 2.75) is 184 Å². The van der Waals surface area contributed by atoms with Gasteiger partial charge in [0.15, 0.2) is 0 Å². The molecule has 6 saturated heterocycles. The van der Waals surface area contributed by atoms with E-state index in [-0.39, 0.29) is 96.5 Å². The summed E-state index contributed by atoms with van der Waals surface area (Å²) in [6.45, 7) is 11.0. The molecule has 498 valence electrons. The fourth-order valence-electron chi connectivity index (χ4n) is 12.0. The third kappa shape index (κ3) is 19.8. The second-order valence-electron chi connectivity index (χ2n) is 25.5. The van der Waals surface area contributed by atoms with Crippen LogP contribution in [-0.4, -0.2) is 199 Å². The van der Waals surface area contributed by atoms with Crippen LogP contribution in [0.1, 0.15) is 154 Å². The number of aromatic carboxylic acids is 4. The first-order valence-corrected chi connectivity index (χ1v) is 30.3. The number of carbonyl (C=O) groups excluding carboxylic acids is 2. The molecule has 2 unspecified atom stereocenters. The molecule has 0 saturated carbocycles. The van der Waals surface area contributed by atoms with Crippen LogP contribution in [-0.2, 0) is 9.47 Å². The third-order valence-corrected chi connectivity index (χ3v) is 16.5. The molecule has 26 heteroatoms. The van der Waals surface area contributed by atoms with Crippen molar-refractivity contribution in [3.8, 4) is 23.0 Å². The van der Waals surface area contributed by atoms with Crippen LogP contribution in [0.4, 0.5) is 27.2 Å². The van der Waals surface area contributed by atoms with Gasteiger partial charge in [0.25, 0.3) is 0 Å². The second-order valence-corrected chi connectivity index (χ2v) is 25.5. The topological polar surface area (TPSA) is 292 Å². The van der Waals surface area contributed by atoms with Gasteiger partial charge in [0, 0.05) is 74.4 Å². The standard InChI is InChI=1S/2C17H22FNO6.C16H20FNO3.C15H18FNO3/c2*1-17(2,3)25-16(23)19-7-6-13(12(20)9-19)24-14-8-10(18)4-5-11(14)15(21)22;1-18-11-3-2-4-12(18)9-13(8-11)21-15-7-10(17)5-6-14(15)16(19)20;1-17-10-3-4-11(17)8-12(7-10)20-14-6-9(16)2-5-13(14)15(18)19/h2*4-5,8,12-13,20H,6-7,9H2,1-3H3,(H,21,22);5-7,11-13H,2-4,8-9H2,1H3,(H,19,20);2,5-6,10-12H,3-4,7-8H2,1H3,(H,18,19)/t2*12-,13-;11-,12+,13?;10-,11+,12?/m10../s1. The van der Waals surface area contributed by atoms with Crippen molar-refractivity contribution in [2.24, 2.45) is 0 Å². The molecule has 4 aromatic rings. The Morgan fingerprint density at radius 2 is 0.703 bits per heavy atom. The molecule has 6 aliphatic rings. The van der Waals surface area contributed by atoms with E-state index in [1.54, 1.807) is 41.5 Å². The van der Waals surface area contributed by atoms with Gasteiger partial charge in [-0.2, -0.15) is 0 Å². The highest BCUT2D eigenvalue weighted by Crippen LogP contribution is 2.38. The number of carboxylic acid groups (broad SMARTS) is 4. The van der Waals surface area contributed by atoms with E-state index in [4.69, 9.17) is 43.7 Å². The minimum absolute atomic E-state index is 0.0166. The zero-order chi connectivity index (χ0) is 66.8. The van der Waals surface area contributed by atoms with Crippen LogP contribution >= 0.6 is 0 Å². The number of aliphatic hydroxyl groups is 2. The minimum atomic E-state index is -1.25. The summed E-state index contributed by atoms with van der Waals surface area (Å²) in [5.41, 5.74) is -1.62. The average molecular weight is 1280 g/mol. The molecule has 10 atom stereocenters. The molecule has 6 fully saturated rings. The fraction of sp³-hybridized carbons (Fsp3) is 0.538. The Morgan fingerprint density at radius 3 is 0.967 bits per heavy atom. The maximum Gasteiger partial charge on any atom is 0.410 e. The number of carbonyl (C=O) groups is 6. The first kappa shape index (κ1) is 70.5. The summed E-state index contributed by atoms with van der Waals surface area (Å²) in [5.74, 6) is -6.91. The number of hydrogen-bond donors (Lipinski definition) is 6. The zero-order valence-electron chi connectivity index (χ0n) is 52.2. The first-order valence-electron chi connectivity index (χ1n) is 30.3. The number of ether oxygens (including phenoxy) is 6. The molecule has 0 spiro atoms. The molecule has 6 heterocycles. The van der Waals surface area contributed by atoms with Crippen LogP contribution < -0.4 is 18.9 Å². The van der Waals surface area contributed by atoms with Gasteiger partial charge in [0.1, 0.15) is 116 Å². The summed E-state index contributed by atoms with van der Waals surface area (Å²) in [5, 5.41) is 57.1. The van der Waals surface area contributed by atoms with Gasteiger partial charge in [-0.25, -0.2) is 46.3 Å². The predicted molar refractivity (Wildman–Crippen MR) is 320 cm³/mol. The summed E-state index contributed by atoms with van der Waals surface area (Å²) in [4.78, 5) is 76.3. The number of fused-ring (bicyclic) bond motifs is 4. The maximum absolute atomic E-state index is 13.4. The van der Waals surface area contributed by atoms with Crippen LogP contribution in [0.5, 0.6) is 23.0 Å². The van der Waals surface area contributed by atoms with Gasteiger partial charge in [-0.3, -0.25) is 0 Å². The van der Waals surface area contributed by atoms with Crippen LogP contribution in [0.25, 0.3) is 0 Å². The van der Waals surface area contributed by atoms with Crippen molar-refractivity contribution in [2.75, 3.05) is 40.3 Å². The molecule has 22 nitrogen and oxygen atoms in total. The molecule has 6 aliphatic heterocycles. The van der Waals surface area contributed by atoms with Crippen LogP contribution in [0, 0.1) is 23.3 Å². The number of piperidine rings is 5. The number of β-amino-alcohol motifs (C(OH)–C–C–N with tert-alkyl or cyclic N) is 2. The third-order valence-electron chi connectivity index (χ3n) is 16.5. The van der Waals surface area contributed by atoms with Crippen molar-refractivity contribution in [3.05, 3.63) is 118 Å². The van der Waals surface area contributed by atoms with Gasteiger partial charge in [0.2, 0.25) is 0 Å². The normalized spacial score (nSPS) is 24.7. The van der Waals surface area contributed by atoms with Gasteiger partial charge in [-0.05, 0) is 156 Å². The fourth-order valence-corrected chi connectivity index (χ4v) is 12.0. The number of benzene rings is 4. The van der Waals surface area contributed by atoms with E-state index >= 15 is 0 Å². The first-order chi connectivity index (χ1) is 42.7. The number of aliphatic hydroxyl groups excluding tert-OH is 2. The van der Waals surface area contributed by atoms with Gasteiger partial charge in [-0.15, -0.1) is 0 Å². The summed E-state index contributed by atoms with van der Waals surface area (Å²) >= 11 is 0. The van der Waals surface area contributed by atoms with E-state index in [1.165, 1.54) is 40.5 Å². The van der Waals surface area contributed by atoms with Crippen LogP contribution in [0.2, 0.25) is 0 Å². The molecule has 0 radical (unpaired) electrons. The minimum Gasteiger partial charge on any atom is -0.489 e. The van der Waals surface area contributed by atoms with Crippen molar-refractivity contribution >= 4 is 36.1 Å². The lowest BCUT2D eigenvalue weighted by Crippen LogP contribution is -2.52. The lowest BCUT2D eigenvalue weighted by molar-refractivity contribution is -0.0380. The molecule has 10 rings (SSSR count). The molecule has 4 aromatic carbocycles. The summed E-state index contributed by atoms with van der Waals surface area (Å²) in [7, 11) is 4.28.